The molecule has 2 rings (SSSR count). The molecular weight excluding hydrogens is 445 g/mol. The Labute approximate surface area is 175 Å². The Balaban J connectivity index is 2.55. The number of anilines is 1. The van der Waals surface area contributed by atoms with E-state index in [1.807, 2.05) is 0 Å². The maximum atomic E-state index is 12.8. The van der Waals surface area contributed by atoms with Crippen LogP contribution in [0.1, 0.15) is 26.7 Å². The number of hydrogen-bond acceptors (Lipinski definition) is 5. The van der Waals surface area contributed by atoms with Gasteiger partial charge in [0, 0.05) is 5.02 Å². The van der Waals surface area contributed by atoms with Crippen molar-refractivity contribution in [2.24, 2.45) is 0 Å². The Morgan fingerprint density at radius 1 is 1.00 bits per heavy atom. The maximum absolute atomic E-state index is 12.8. The first kappa shape index (κ1) is 22.8. The summed E-state index contributed by atoms with van der Waals surface area (Å²) in [7, 11) is -6.40. The Kier molecular flexibility index (Phi) is 7.25. The summed E-state index contributed by atoms with van der Waals surface area (Å²) in [4.78, 5) is -0.214. The number of sulfone groups is 1. The molecule has 0 spiro atoms. The van der Waals surface area contributed by atoms with Crippen molar-refractivity contribution in [1.29, 1.82) is 0 Å². The van der Waals surface area contributed by atoms with Crippen molar-refractivity contribution in [1.82, 2.24) is 0 Å². The summed E-state index contributed by atoms with van der Waals surface area (Å²) >= 11 is 11.9. The molecule has 0 atom stereocenters. The van der Waals surface area contributed by atoms with Gasteiger partial charge in [0.1, 0.15) is 10.6 Å². The number of sulfonamides is 1. The van der Waals surface area contributed by atoms with Crippen molar-refractivity contribution in [3.05, 3.63) is 46.4 Å². The smallest absolute Gasteiger partial charge is 0.263 e. The third kappa shape index (κ3) is 4.74. The zero-order chi connectivity index (χ0) is 21.1. The van der Waals surface area contributed by atoms with Gasteiger partial charge in [-0.15, -0.1) is 0 Å². The van der Waals surface area contributed by atoms with Gasteiger partial charge < -0.3 is 4.74 Å². The normalized spacial score (nSPS) is 12.2. The van der Waals surface area contributed by atoms with Gasteiger partial charge in [-0.1, -0.05) is 37.0 Å². The molecule has 0 aliphatic rings. The lowest BCUT2D eigenvalue weighted by Crippen LogP contribution is -2.20. The first-order valence-corrected chi connectivity index (χ1v) is 12.2. The molecule has 0 amide bonds. The average molecular weight is 466 g/mol. The molecule has 6 nitrogen and oxygen atoms in total. The molecule has 0 saturated carbocycles. The highest BCUT2D eigenvalue weighted by Crippen LogP contribution is 2.33. The minimum absolute atomic E-state index is 0.00873. The minimum Gasteiger partial charge on any atom is -0.495 e. The van der Waals surface area contributed by atoms with E-state index in [4.69, 9.17) is 27.9 Å². The molecule has 2 aromatic carbocycles. The predicted molar refractivity (Wildman–Crippen MR) is 112 cm³/mol. The highest BCUT2D eigenvalue weighted by Gasteiger charge is 2.27. The highest BCUT2D eigenvalue weighted by atomic mass is 35.5. The van der Waals surface area contributed by atoms with E-state index < -0.39 is 25.1 Å². The fraction of sp³-hybridized carbons (Fsp3) is 0.333. The van der Waals surface area contributed by atoms with Crippen LogP contribution in [-0.4, -0.2) is 29.2 Å². The van der Waals surface area contributed by atoms with Gasteiger partial charge in [0.25, 0.3) is 10.0 Å². The summed E-state index contributed by atoms with van der Waals surface area (Å²) in [6.45, 7) is 3.58. The molecule has 0 aromatic heterocycles. The van der Waals surface area contributed by atoms with E-state index in [-0.39, 0.29) is 31.3 Å². The second-order valence-corrected chi connectivity index (χ2v) is 10.7. The molecule has 0 saturated heterocycles. The fourth-order valence-electron chi connectivity index (χ4n) is 2.75. The van der Waals surface area contributed by atoms with Crippen LogP contribution in [0.15, 0.2) is 46.2 Å². The summed E-state index contributed by atoms with van der Waals surface area (Å²) in [6, 6.07) is 8.10. The van der Waals surface area contributed by atoms with Gasteiger partial charge in [0.15, 0.2) is 9.84 Å². The van der Waals surface area contributed by atoms with Gasteiger partial charge in [-0.2, -0.15) is 0 Å². The van der Waals surface area contributed by atoms with E-state index in [2.05, 4.69) is 4.72 Å². The topological polar surface area (TPSA) is 89.5 Å². The Morgan fingerprint density at radius 3 is 2.21 bits per heavy atom. The van der Waals surface area contributed by atoms with Crippen LogP contribution in [0.4, 0.5) is 5.69 Å². The van der Waals surface area contributed by atoms with Crippen LogP contribution in [0.5, 0.6) is 5.75 Å². The largest absolute Gasteiger partial charge is 0.495 e. The monoisotopic (exact) mass is 465 g/mol. The van der Waals surface area contributed by atoms with E-state index >= 15 is 0 Å². The molecule has 0 fully saturated rings. The molecule has 0 unspecified atom stereocenters. The molecule has 0 bridgehead atoms. The standard InChI is InChI=1S/C18H21Cl2NO5S2/c1-4-13(5-2)27(22,23)14-7-9-17(26-3)16(11-14)21-28(24,25)18-10-12(19)6-8-15(18)20/h6-11,13,21H,4-5H2,1-3H3. The number of hydrogen-bond donors (Lipinski definition) is 1. The molecule has 0 aliphatic heterocycles. The van der Waals surface area contributed by atoms with Crippen molar-refractivity contribution >= 4 is 48.7 Å². The molecule has 1 N–H and O–H groups in total. The average Bonchev–Trinajstić information content (AvgIpc) is 2.64. The van der Waals surface area contributed by atoms with Crippen molar-refractivity contribution in [2.75, 3.05) is 11.8 Å². The van der Waals surface area contributed by atoms with Crippen molar-refractivity contribution in [2.45, 2.75) is 41.7 Å². The lowest BCUT2D eigenvalue weighted by molar-refractivity contribution is 0.416. The van der Waals surface area contributed by atoms with E-state index in [1.165, 1.54) is 43.5 Å². The van der Waals surface area contributed by atoms with Crippen LogP contribution < -0.4 is 9.46 Å². The number of benzene rings is 2. The molecule has 0 aliphatic carbocycles. The SMILES string of the molecule is CCC(CC)S(=O)(=O)c1ccc(OC)c(NS(=O)(=O)c2cc(Cl)ccc2Cl)c1. The number of rotatable bonds is 8. The molecule has 154 valence electrons. The first-order chi connectivity index (χ1) is 13.1. The summed E-state index contributed by atoms with van der Waals surface area (Å²) in [5, 5.41) is -0.383. The van der Waals surface area contributed by atoms with Gasteiger partial charge in [-0.3, -0.25) is 4.72 Å². The summed E-state index contributed by atoms with van der Waals surface area (Å²) in [5.41, 5.74) is -0.00873. The number of nitrogens with one attached hydrogen (secondary N) is 1. The van der Waals surface area contributed by atoms with Crippen LogP contribution in [0.2, 0.25) is 10.0 Å². The predicted octanol–water partition coefficient (Wildman–Crippen LogP) is 4.77. The third-order valence-corrected chi connectivity index (χ3v) is 8.81. The Morgan fingerprint density at radius 2 is 1.64 bits per heavy atom. The third-order valence-electron chi connectivity index (χ3n) is 4.28. The molecule has 0 radical (unpaired) electrons. The summed E-state index contributed by atoms with van der Waals surface area (Å²) in [6.07, 6.45) is 0.897. The number of methoxy groups -OCH3 is 1. The molecule has 0 heterocycles. The highest BCUT2D eigenvalue weighted by molar-refractivity contribution is 7.93. The van der Waals surface area contributed by atoms with Crippen LogP contribution in [0.3, 0.4) is 0 Å². The maximum Gasteiger partial charge on any atom is 0.263 e. The van der Waals surface area contributed by atoms with Crippen molar-refractivity contribution in [3.63, 3.8) is 0 Å². The van der Waals surface area contributed by atoms with Crippen molar-refractivity contribution < 1.29 is 21.6 Å². The van der Waals surface area contributed by atoms with Crippen LogP contribution in [0.25, 0.3) is 0 Å². The fourth-order valence-corrected chi connectivity index (χ4v) is 6.37. The summed E-state index contributed by atoms with van der Waals surface area (Å²) < 4.78 is 58.8. The lowest BCUT2D eigenvalue weighted by atomic mass is 10.3. The zero-order valence-corrected chi connectivity index (χ0v) is 18.7. The minimum atomic E-state index is -4.13. The van der Waals surface area contributed by atoms with Crippen LogP contribution in [0, 0.1) is 0 Å². The van der Waals surface area contributed by atoms with Gasteiger partial charge in [-0.05, 0) is 49.2 Å². The Bertz CT molecular complexity index is 1070. The van der Waals surface area contributed by atoms with Gasteiger partial charge in [0.05, 0.1) is 28.0 Å². The number of ether oxygens (including phenoxy) is 1. The van der Waals surface area contributed by atoms with E-state index in [9.17, 15) is 16.8 Å². The van der Waals surface area contributed by atoms with Gasteiger partial charge >= 0.3 is 0 Å². The molecule has 2 aromatic rings. The second-order valence-electron chi connectivity index (χ2n) is 6.03. The van der Waals surface area contributed by atoms with Crippen LogP contribution >= 0.6 is 23.2 Å². The zero-order valence-electron chi connectivity index (χ0n) is 15.6. The Hall–Kier alpha value is -1.48. The van der Waals surface area contributed by atoms with E-state index in [0.717, 1.165) is 0 Å². The molecule has 28 heavy (non-hydrogen) atoms. The lowest BCUT2D eigenvalue weighted by Gasteiger charge is -2.17. The van der Waals surface area contributed by atoms with Crippen molar-refractivity contribution in [3.8, 4) is 5.75 Å². The first-order valence-electron chi connectivity index (χ1n) is 8.46. The molecular formula is C18H21Cl2NO5S2. The second kappa shape index (κ2) is 8.90. The quantitative estimate of drug-likeness (QED) is 0.606. The van der Waals surface area contributed by atoms with Gasteiger partial charge in [0.2, 0.25) is 0 Å². The molecule has 10 heteroatoms. The summed E-state index contributed by atoms with van der Waals surface area (Å²) in [5.74, 6) is 0.172. The van der Waals surface area contributed by atoms with Crippen LogP contribution in [-0.2, 0) is 19.9 Å². The van der Waals surface area contributed by atoms with Gasteiger partial charge in [-0.25, -0.2) is 16.8 Å². The number of halogens is 2. The van der Waals surface area contributed by atoms with E-state index in [0.29, 0.717) is 12.8 Å². The van der Waals surface area contributed by atoms with E-state index in [1.54, 1.807) is 13.8 Å².